The molecular formula is C11H19N3S. The third kappa shape index (κ3) is 5.14. The first-order chi connectivity index (χ1) is 7.01. The lowest BCUT2D eigenvalue weighted by Gasteiger charge is -2.16. The Kier molecular flexibility index (Phi) is 4.54. The first kappa shape index (κ1) is 12.5. The Morgan fingerprint density at radius 1 is 1.40 bits per heavy atom. The highest BCUT2D eigenvalue weighted by molar-refractivity contribution is 7.99. The van der Waals surface area contributed by atoms with Gasteiger partial charge in [-0.05, 0) is 13.1 Å². The van der Waals surface area contributed by atoms with Gasteiger partial charge in [0, 0.05) is 17.5 Å². The van der Waals surface area contributed by atoms with Crippen LogP contribution in [0.4, 0.5) is 0 Å². The van der Waals surface area contributed by atoms with E-state index in [9.17, 15) is 0 Å². The second-order valence-electron chi connectivity index (χ2n) is 4.40. The van der Waals surface area contributed by atoms with Gasteiger partial charge in [0.2, 0.25) is 0 Å². The predicted molar refractivity (Wildman–Crippen MR) is 65.8 cm³/mol. The molecule has 84 valence electrons. The van der Waals surface area contributed by atoms with E-state index in [4.69, 9.17) is 0 Å². The van der Waals surface area contributed by atoms with E-state index in [-0.39, 0.29) is 4.75 Å². The first-order valence-corrected chi connectivity index (χ1v) is 6.09. The zero-order chi connectivity index (χ0) is 11.3. The largest absolute Gasteiger partial charge is 0.314 e. The normalized spacial score (nSPS) is 11.7. The van der Waals surface area contributed by atoms with Crippen LogP contribution in [0.5, 0.6) is 0 Å². The van der Waals surface area contributed by atoms with E-state index in [2.05, 4.69) is 36.1 Å². The topological polar surface area (TPSA) is 37.8 Å². The van der Waals surface area contributed by atoms with E-state index in [1.807, 2.05) is 31.1 Å². The lowest BCUT2D eigenvalue weighted by atomic mass is 10.3. The molecule has 0 radical (unpaired) electrons. The molecule has 0 aliphatic rings. The molecule has 4 heteroatoms. The highest BCUT2D eigenvalue weighted by Gasteiger charge is 2.11. The summed E-state index contributed by atoms with van der Waals surface area (Å²) in [5.74, 6) is 1.80. The second-order valence-corrected chi connectivity index (χ2v) is 6.20. The fourth-order valence-electron chi connectivity index (χ4n) is 1.07. The van der Waals surface area contributed by atoms with Crippen molar-refractivity contribution in [3.05, 3.63) is 23.8 Å². The molecule has 1 aromatic rings. The Balaban J connectivity index is 2.57. The Labute approximate surface area is 96.1 Å². The summed E-state index contributed by atoms with van der Waals surface area (Å²) in [4.78, 5) is 8.74. The average molecular weight is 225 g/mol. The third-order valence-electron chi connectivity index (χ3n) is 1.76. The highest BCUT2D eigenvalue weighted by Crippen LogP contribution is 2.25. The van der Waals surface area contributed by atoms with Gasteiger partial charge in [0.25, 0.3) is 0 Å². The van der Waals surface area contributed by atoms with Crippen LogP contribution in [-0.4, -0.2) is 21.8 Å². The van der Waals surface area contributed by atoms with Gasteiger partial charge in [-0.15, -0.1) is 11.8 Å². The van der Waals surface area contributed by atoms with Crippen LogP contribution in [0.25, 0.3) is 0 Å². The minimum atomic E-state index is 0.266. The van der Waals surface area contributed by atoms with E-state index in [1.165, 1.54) is 0 Å². The summed E-state index contributed by atoms with van der Waals surface area (Å²) < 4.78 is 0.266. The van der Waals surface area contributed by atoms with Gasteiger partial charge in [-0.1, -0.05) is 20.8 Å². The van der Waals surface area contributed by atoms with Crippen molar-refractivity contribution in [2.75, 3.05) is 7.05 Å². The smallest absolute Gasteiger partial charge is 0.138 e. The molecule has 1 N–H and O–H groups in total. The summed E-state index contributed by atoms with van der Waals surface area (Å²) in [6.07, 6.45) is 1.83. The number of nitrogens with one attached hydrogen (secondary N) is 1. The van der Waals surface area contributed by atoms with Crippen LogP contribution in [0, 0.1) is 0 Å². The maximum Gasteiger partial charge on any atom is 0.138 e. The van der Waals surface area contributed by atoms with Gasteiger partial charge in [0.15, 0.2) is 0 Å². The molecule has 0 aliphatic carbocycles. The molecule has 0 saturated heterocycles. The van der Waals surface area contributed by atoms with Crippen molar-refractivity contribution in [2.24, 2.45) is 0 Å². The number of nitrogens with zero attached hydrogens (tertiary/aromatic N) is 2. The van der Waals surface area contributed by atoms with Gasteiger partial charge >= 0.3 is 0 Å². The number of rotatable bonds is 4. The first-order valence-electron chi connectivity index (χ1n) is 5.10. The molecule has 1 heterocycles. The van der Waals surface area contributed by atoms with Crippen molar-refractivity contribution in [1.82, 2.24) is 15.3 Å². The Morgan fingerprint density at radius 2 is 2.13 bits per heavy atom. The van der Waals surface area contributed by atoms with Crippen LogP contribution in [0.1, 0.15) is 32.3 Å². The van der Waals surface area contributed by atoms with Gasteiger partial charge < -0.3 is 5.32 Å². The van der Waals surface area contributed by atoms with Gasteiger partial charge in [0.05, 0.1) is 11.4 Å². The molecule has 0 atom stereocenters. The monoisotopic (exact) mass is 225 g/mol. The summed E-state index contributed by atoms with van der Waals surface area (Å²) >= 11 is 1.87. The van der Waals surface area contributed by atoms with Gasteiger partial charge in [-0.2, -0.15) is 0 Å². The number of thioether (sulfide) groups is 1. The summed E-state index contributed by atoms with van der Waals surface area (Å²) in [6, 6.07) is 1.95. The summed E-state index contributed by atoms with van der Waals surface area (Å²) in [5, 5.41) is 3.09. The van der Waals surface area contributed by atoms with Crippen molar-refractivity contribution >= 4 is 11.8 Å². The maximum atomic E-state index is 4.47. The zero-order valence-corrected chi connectivity index (χ0v) is 10.7. The van der Waals surface area contributed by atoms with E-state index in [1.54, 1.807) is 0 Å². The van der Waals surface area contributed by atoms with Crippen molar-refractivity contribution in [3.8, 4) is 0 Å². The van der Waals surface area contributed by atoms with Crippen LogP contribution in [0.2, 0.25) is 0 Å². The van der Waals surface area contributed by atoms with Gasteiger partial charge in [0.1, 0.15) is 5.82 Å². The molecule has 0 bridgehead atoms. The van der Waals surface area contributed by atoms with Crippen molar-refractivity contribution in [2.45, 2.75) is 37.8 Å². The maximum absolute atomic E-state index is 4.47. The number of hydrogen-bond acceptors (Lipinski definition) is 4. The molecule has 15 heavy (non-hydrogen) atoms. The fourth-order valence-corrected chi connectivity index (χ4v) is 1.77. The molecule has 0 aromatic carbocycles. The van der Waals surface area contributed by atoms with E-state index >= 15 is 0 Å². The van der Waals surface area contributed by atoms with Gasteiger partial charge in [-0.25, -0.2) is 9.97 Å². The minimum Gasteiger partial charge on any atom is -0.314 e. The molecule has 0 spiro atoms. The third-order valence-corrected chi connectivity index (χ3v) is 3.02. The van der Waals surface area contributed by atoms with Crippen LogP contribution in [-0.2, 0) is 12.3 Å². The molecule has 1 rings (SSSR count). The number of hydrogen-bond donors (Lipinski definition) is 1. The standard InChI is InChI=1S/C11H19N3S/c1-11(2,3)15-8-10-13-6-5-9(14-10)7-12-4/h5-6,12H,7-8H2,1-4H3. The summed E-state index contributed by atoms with van der Waals surface area (Å²) in [5.41, 5.74) is 1.05. The molecule has 1 aromatic heterocycles. The Hall–Kier alpha value is -0.610. The van der Waals surface area contributed by atoms with E-state index in [0.29, 0.717) is 0 Å². The van der Waals surface area contributed by atoms with Crippen LogP contribution in [0.3, 0.4) is 0 Å². The molecule has 0 unspecified atom stereocenters. The van der Waals surface area contributed by atoms with E-state index in [0.717, 1.165) is 23.8 Å². The van der Waals surface area contributed by atoms with Crippen molar-refractivity contribution in [1.29, 1.82) is 0 Å². The van der Waals surface area contributed by atoms with Crippen LogP contribution < -0.4 is 5.32 Å². The fraction of sp³-hybridized carbons (Fsp3) is 0.636. The average Bonchev–Trinajstić information content (AvgIpc) is 2.15. The Morgan fingerprint density at radius 3 is 2.73 bits per heavy atom. The predicted octanol–water partition coefficient (Wildman–Crippen LogP) is 2.23. The quantitative estimate of drug-likeness (QED) is 0.852. The molecule has 0 amide bonds. The van der Waals surface area contributed by atoms with E-state index < -0.39 is 0 Å². The van der Waals surface area contributed by atoms with Crippen LogP contribution >= 0.6 is 11.8 Å². The Bertz CT molecular complexity index is 307. The number of aromatic nitrogens is 2. The molecule has 0 aliphatic heterocycles. The van der Waals surface area contributed by atoms with Crippen molar-refractivity contribution in [3.63, 3.8) is 0 Å². The van der Waals surface area contributed by atoms with Crippen LogP contribution in [0.15, 0.2) is 12.3 Å². The molecule has 0 saturated carbocycles. The lowest BCUT2D eigenvalue weighted by molar-refractivity contribution is 0.773. The molecular weight excluding hydrogens is 206 g/mol. The lowest BCUT2D eigenvalue weighted by Crippen LogP contribution is -2.11. The van der Waals surface area contributed by atoms with Crippen molar-refractivity contribution < 1.29 is 0 Å². The second kappa shape index (κ2) is 5.47. The molecule has 3 nitrogen and oxygen atoms in total. The zero-order valence-electron chi connectivity index (χ0n) is 9.87. The highest BCUT2D eigenvalue weighted by atomic mass is 32.2. The SMILES string of the molecule is CNCc1ccnc(CSC(C)(C)C)n1. The molecule has 0 fully saturated rings. The summed E-state index contributed by atoms with van der Waals surface area (Å²) in [7, 11) is 1.92. The minimum absolute atomic E-state index is 0.266. The summed E-state index contributed by atoms with van der Waals surface area (Å²) in [6.45, 7) is 7.41. The van der Waals surface area contributed by atoms with Gasteiger partial charge in [-0.3, -0.25) is 0 Å².